The lowest BCUT2D eigenvalue weighted by Gasteiger charge is -2.25. The van der Waals surface area contributed by atoms with Crippen LogP contribution in [-0.4, -0.2) is 48.6 Å². The largest absolute Gasteiger partial charge is 0.378 e. The molecule has 1 N–H and O–H groups in total. The first-order chi connectivity index (χ1) is 10.2. The van der Waals surface area contributed by atoms with Crippen LogP contribution in [0.3, 0.4) is 0 Å². The summed E-state index contributed by atoms with van der Waals surface area (Å²) in [7, 11) is 1.83. The molecule has 1 aromatic heterocycles. The van der Waals surface area contributed by atoms with E-state index in [-0.39, 0.29) is 11.9 Å². The van der Waals surface area contributed by atoms with Gasteiger partial charge in [-0.1, -0.05) is 12.1 Å². The highest BCUT2D eigenvalue weighted by Gasteiger charge is 2.20. The SMILES string of the molecule is CN(Cc1nc2ccccc2s1)C(=O)CC1COCCN1. The summed E-state index contributed by atoms with van der Waals surface area (Å²) in [5, 5.41) is 4.28. The first-order valence-electron chi connectivity index (χ1n) is 7.12. The first kappa shape index (κ1) is 14.4. The van der Waals surface area contributed by atoms with Gasteiger partial charge in [-0.15, -0.1) is 11.3 Å². The minimum Gasteiger partial charge on any atom is -0.378 e. The molecule has 21 heavy (non-hydrogen) atoms. The molecule has 1 saturated heterocycles. The van der Waals surface area contributed by atoms with Gasteiger partial charge in [0.25, 0.3) is 0 Å². The highest BCUT2D eigenvalue weighted by Crippen LogP contribution is 2.22. The molecule has 2 heterocycles. The van der Waals surface area contributed by atoms with Crippen molar-refractivity contribution >= 4 is 27.5 Å². The Morgan fingerprint density at radius 3 is 3.14 bits per heavy atom. The molecular weight excluding hydrogens is 286 g/mol. The number of hydrogen-bond donors (Lipinski definition) is 1. The molecule has 1 unspecified atom stereocenters. The number of carbonyl (C=O) groups excluding carboxylic acids is 1. The Morgan fingerprint density at radius 2 is 2.38 bits per heavy atom. The molecule has 3 rings (SSSR count). The predicted octanol–water partition coefficient (Wildman–Crippen LogP) is 1.63. The predicted molar refractivity (Wildman–Crippen MR) is 83.3 cm³/mol. The van der Waals surface area contributed by atoms with Crippen molar-refractivity contribution in [1.29, 1.82) is 0 Å². The van der Waals surface area contributed by atoms with Gasteiger partial charge in [-0.2, -0.15) is 0 Å². The summed E-state index contributed by atoms with van der Waals surface area (Å²) in [6, 6.07) is 8.18. The van der Waals surface area contributed by atoms with Gasteiger partial charge in [-0.05, 0) is 12.1 Å². The van der Waals surface area contributed by atoms with E-state index in [4.69, 9.17) is 4.74 Å². The highest BCUT2D eigenvalue weighted by molar-refractivity contribution is 7.18. The Morgan fingerprint density at radius 1 is 1.52 bits per heavy atom. The summed E-state index contributed by atoms with van der Waals surface area (Å²) in [4.78, 5) is 18.5. The number of benzene rings is 1. The highest BCUT2D eigenvalue weighted by atomic mass is 32.1. The minimum atomic E-state index is 0.122. The summed E-state index contributed by atoms with van der Waals surface area (Å²) in [5.74, 6) is 0.122. The molecule has 2 aromatic rings. The second-order valence-electron chi connectivity index (χ2n) is 5.26. The van der Waals surface area contributed by atoms with E-state index in [9.17, 15) is 4.79 Å². The van der Waals surface area contributed by atoms with Gasteiger partial charge in [0, 0.05) is 26.1 Å². The molecule has 1 fully saturated rings. The van der Waals surface area contributed by atoms with E-state index >= 15 is 0 Å². The Balaban J connectivity index is 1.59. The molecule has 1 aliphatic rings. The molecule has 6 heteroatoms. The maximum absolute atomic E-state index is 12.2. The van der Waals surface area contributed by atoms with Crippen molar-refractivity contribution in [3.8, 4) is 0 Å². The summed E-state index contributed by atoms with van der Waals surface area (Å²) in [5.41, 5.74) is 1.00. The molecule has 1 atom stereocenters. The molecule has 0 bridgehead atoms. The second kappa shape index (κ2) is 6.51. The van der Waals surface area contributed by atoms with Gasteiger partial charge in [-0.3, -0.25) is 4.79 Å². The fourth-order valence-electron chi connectivity index (χ4n) is 2.40. The third-order valence-electron chi connectivity index (χ3n) is 3.56. The van der Waals surface area contributed by atoms with E-state index in [1.807, 2.05) is 25.2 Å². The Labute approximate surface area is 127 Å². The lowest BCUT2D eigenvalue weighted by atomic mass is 10.2. The number of nitrogens with zero attached hydrogens (tertiary/aromatic N) is 2. The van der Waals surface area contributed by atoms with Crippen LogP contribution in [0.25, 0.3) is 10.2 Å². The van der Waals surface area contributed by atoms with Crippen LogP contribution < -0.4 is 5.32 Å². The zero-order chi connectivity index (χ0) is 14.7. The van der Waals surface area contributed by atoms with Crippen LogP contribution in [0.2, 0.25) is 0 Å². The Bertz CT molecular complexity index is 589. The fourth-order valence-corrected chi connectivity index (χ4v) is 3.42. The summed E-state index contributed by atoms with van der Waals surface area (Å²) in [6.45, 7) is 2.72. The standard InChI is InChI=1S/C15H19N3O2S/c1-18(15(19)8-11-10-20-7-6-16-11)9-14-17-12-4-2-3-5-13(12)21-14/h2-5,11,16H,6-10H2,1H3. The summed E-state index contributed by atoms with van der Waals surface area (Å²) < 4.78 is 6.54. The van der Waals surface area contributed by atoms with E-state index < -0.39 is 0 Å². The maximum Gasteiger partial charge on any atom is 0.224 e. The quantitative estimate of drug-likeness (QED) is 0.933. The average molecular weight is 305 g/mol. The van der Waals surface area contributed by atoms with Gasteiger partial charge in [0.1, 0.15) is 5.01 Å². The Hall–Kier alpha value is -1.50. The number of fused-ring (bicyclic) bond motifs is 1. The third kappa shape index (κ3) is 3.58. The van der Waals surface area contributed by atoms with Gasteiger partial charge in [0.15, 0.2) is 0 Å². The number of thiazole rings is 1. The van der Waals surface area contributed by atoms with Gasteiger partial charge < -0.3 is 15.0 Å². The van der Waals surface area contributed by atoms with Crippen molar-refractivity contribution in [1.82, 2.24) is 15.2 Å². The van der Waals surface area contributed by atoms with Crippen LogP contribution in [0, 0.1) is 0 Å². The lowest BCUT2D eigenvalue weighted by molar-refractivity contribution is -0.131. The van der Waals surface area contributed by atoms with Crippen LogP contribution in [0.5, 0.6) is 0 Å². The van der Waals surface area contributed by atoms with E-state index in [2.05, 4.69) is 16.4 Å². The van der Waals surface area contributed by atoms with Gasteiger partial charge in [0.05, 0.1) is 30.0 Å². The smallest absolute Gasteiger partial charge is 0.224 e. The molecule has 0 spiro atoms. The number of amides is 1. The molecule has 5 nitrogen and oxygen atoms in total. The van der Waals surface area contributed by atoms with Crippen molar-refractivity contribution in [2.45, 2.75) is 19.0 Å². The number of nitrogens with one attached hydrogen (secondary N) is 1. The number of morpholine rings is 1. The third-order valence-corrected chi connectivity index (χ3v) is 4.58. The van der Waals surface area contributed by atoms with Gasteiger partial charge in [-0.25, -0.2) is 4.98 Å². The van der Waals surface area contributed by atoms with Crippen molar-refractivity contribution in [2.75, 3.05) is 26.8 Å². The molecular formula is C15H19N3O2S. The number of aromatic nitrogens is 1. The van der Waals surface area contributed by atoms with Crippen molar-refractivity contribution in [2.24, 2.45) is 0 Å². The van der Waals surface area contributed by atoms with Crippen LogP contribution in [0.15, 0.2) is 24.3 Å². The minimum absolute atomic E-state index is 0.122. The molecule has 112 valence electrons. The Kier molecular flexibility index (Phi) is 4.48. The van der Waals surface area contributed by atoms with E-state index in [0.717, 1.165) is 28.4 Å². The zero-order valence-corrected chi connectivity index (χ0v) is 12.9. The fraction of sp³-hybridized carbons (Fsp3) is 0.467. The van der Waals surface area contributed by atoms with E-state index in [1.54, 1.807) is 16.2 Å². The van der Waals surface area contributed by atoms with Crippen molar-refractivity contribution in [3.05, 3.63) is 29.3 Å². The summed E-state index contributed by atoms with van der Waals surface area (Å²) >= 11 is 1.64. The van der Waals surface area contributed by atoms with Gasteiger partial charge in [0.2, 0.25) is 5.91 Å². The summed E-state index contributed by atoms with van der Waals surface area (Å²) in [6.07, 6.45) is 0.474. The van der Waals surface area contributed by atoms with Crippen LogP contribution in [-0.2, 0) is 16.1 Å². The molecule has 1 aromatic carbocycles. The van der Waals surface area contributed by atoms with Crippen LogP contribution in [0.4, 0.5) is 0 Å². The van der Waals surface area contributed by atoms with E-state index in [0.29, 0.717) is 19.6 Å². The number of rotatable bonds is 4. The monoisotopic (exact) mass is 305 g/mol. The second-order valence-corrected chi connectivity index (χ2v) is 6.37. The van der Waals surface area contributed by atoms with Crippen LogP contribution >= 0.6 is 11.3 Å². The lowest BCUT2D eigenvalue weighted by Crippen LogP contribution is -2.44. The number of hydrogen-bond acceptors (Lipinski definition) is 5. The van der Waals surface area contributed by atoms with Crippen molar-refractivity contribution in [3.63, 3.8) is 0 Å². The zero-order valence-electron chi connectivity index (χ0n) is 12.0. The van der Waals surface area contributed by atoms with E-state index in [1.165, 1.54) is 0 Å². The number of para-hydroxylation sites is 1. The molecule has 0 saturated carbocycles. The van der Waals surface area contributed by atoms with Crippen LogP contribution in [0.1, 0.15) is 11.4 Å². The average Bonchev–Trinajstić information content (AvgIpc) is 2.90. The maximum atomic E-state index is 12.2. The number of carbonyl (C=O) groups is 1. The van der Waals surface area contributed by atoms with Gasteiger partial charge >= 0.3 is 0 Å². The van der Waals surface area contributed by atoms with Crippen molar-refractivity contribution < 1.29 is 9.53 Å². The molecule has 1 aliphatic heterocycles. The molecule has 1 amide bonds. The molecule has 0 aliphatic carbocycles. The first-order valence-corrected chi connectivity index (χ1v) is 7.93. The normalized spacial score (nSPS) is 18.8. The number of ether oxygens (including phenoxy) is 1. The molecule has 0 radical (unpaired) electrons. The topological polar surface area (TPSA) is 54.5 Å².